The molecule has 0 saturated heterocycles. The van der Waals surface area contributed by atoms with Gasteiger partial charge >= 0.3 is 0 Å². The van der Waals surface area contributed by atoms with Gasteiger partial charge in [-0.2, -0.15) is 0 Å². The van der Waals surface area contributed by atoms with Gasteiger partial charge in [-0.1, -0.05) is 65.0 Å². The van der Waals surface area contributed by atoms with Gasteiger partial charge in [-0.05, 0) is 72.7 Å². The number of aryl methyl sites for hydroxylation is 1. The second kappa shape index (κ2) is 11.7. The van der Waals surface area contributed by atoms with Crippen molar-refractivity contribution in [1.82, 2.24) is 19.4 Å². The standard InChI is InChI=1S/C28H23ClN4O3S3/c1-17-14-20(10-13-22(17)29)32-25-24(39-28(32)37)26(35)33(19-8-11-21(36-2)12-9-19)27(31-25)38-16-23(34)30-15-18-6-4-3-5-7-18/h3-14H,15-16H2,1-2H3,(H,30,34). The lowest BCUT2D eigenvalue weighted by Gasteiger charge is -2.14. The predicted octanol–water partition coefficient (Wildman–Crippen LogP) is 6.35. The Bertz CT molecular complexity index is 1780. The fraction of sp³-hybridized carbons (Fsp3) is 0.143. The van der Waals surface area contributed by atoms with Gasteiger partial charge in [0.2, 0.25) is 5.91 Å². The van der Waals surface area contributed by atoms with Crippen LogP contribution in [-0.4, -0.2) is 32.9 Å². The number of fused-ring (bicyclic) bond motifs is 1. The van der Waals surface area contributed by atoms with Crippen LogP contribution in [0.2, 0.25) is 5.02 Å². The summed E-state index contributed by atoms with van der Waals surface area (Å²) in [4.78, 5) is 31.5. The van der Waals surface area contributed by atoms with Crippen LogP contribution >= 0.6 is 46.9 Å². The summed E-state index contributed by atoms with van der Waals surface area (Å²) >= 11 is 14.3. The molecular formula is C28H23ClN4O3S3. The molecule has 198 valence electrons. The highest BCUT2D eigenvalue weighted by atomic mass is 35.5. The Morgan fingerprint density at radius 1 is 1.08 bits per heavy atom. The molecule has 0 bridgehead atoms. The maximum absolute atomic E-state index is 13.9. The molecular weight excluding hydrogens is 572 g/mol. The van der Waals surface area contributed by atoms with E-state index in [0.29, 0.717) is 42.5 Å². The first kappa shape index (κ1) is 27.1. The van der Waals surface area contributed by atoms with Gasteiger partial charge in [0.15, 0.2) is 14.8 Å². The first-order chi connectivity index (χ1) is 18.9. The van der Waals surface area contributed by atoms with Crippen LogP contribution in [0.4, 0.5) is 0 Å². The fourth-order valence-electron chi connectivity index (χ4n) is 3.96. The Balaban J connectivity index is 1.57. The normalized spacial score (nSPS) is 11.1. The number of ether oxygens (including phenoxy) is 1. The third-order valence-corrected chi connectivity index (χ3v) is 8.69. The number of nitrogens with one attached hydrogen (secondary N) is 1. The van der Waals surface area contributed by atoms with Gasteiger partial charge in [-0.3, -0.25) is 18.7 Å². The number of carbonyl (C=O) groups excluding carboxylic acids is 1. The molecule has 3 aromatic carbocycles. The van der Waals surface area contributed by atoms with Crippen LogP contribution in [0.15, 0.2) is 82.7 Å². The number of benzene rings is 3. The minimum atomic E-state index is -0.266. The van der Waals surface area contributed by atoms with Crippen molar-refractivity contribution in [2.75, 3.05) is 12.9 Å². The van der Waals surface area contributed by atoms with Crippen LogP contribution in [0.25, 0.3) is 21.7 Å². The zero-order valence-corrected chi connectivity index (χ0v) is 24.2. The van der Waals surface area contributed by atoms with Gasteiger partial charge in [0.25, 0.3) is 5.56 Å². The van der Waals surface area contributed by atoms with Crippen molar-refractivity contribution in [2.45, 2.75) is 18.6 Å². The molecule has 0 aliphatic heterocycles. The molecule has 0 aliphatic rings. The summed E-state index contributed by atoms with van der Waals surface area (Å²) in [7, 11) is 1.58. The Hall–Kier alpha value is -3.44. The highest BCUT2D eigenvalue weighted by Crippen LogP contribution is 2.29. The van der Waals surface area contributed by atoms with Gasteiger partial charge < -0.3 is 10.1 Å². The fourth-order valence-corrected chi connectivity index (χ4v) is 6.22. The molecule has 0 aliphatic carbocycles. The molecule has 1 N–H and O–H groups in total. The first-order valence-electron chi connectivity index (χ1n) is 11.9. The van der Waals surface area contributed by atoms with E-state index >= 15 is 0 Å². The number of thioether (sulfide) groups is 1. The average molecular weight is 595 g/mol. The summed E-state index contributed by atoms with van der Waals surface area (Å²) in [6.45, 7) is 2.32. The Labute approximate surface area is 243 Å². The van der Waals surface area contributed by atoms with Crippen LogP contribution in [0.5, 0.6) is 5.75 Å². The van der Waals surface area contributed by atoms with Crippen molar-refractivity contribution in [2.24, 2.45) is 0 Å². The van der Waals surface area contributed by atoms with Crippen molar-refractivity contribution < 1.29 is 9.53 Å². The molecule has 0 unspecified atom stereocenters. The van der Waals surface area contributed by atoms with Crippen LogP contribution in [0, 0.1) is 10.9 Å². The van der Waals surface area contributed by atoms with E-state index in [1.54, 1.807) is 42.0 Å². The molecule has 0 fully saturated rings. The molecule has 11 heteroatoms. The summed E-state index contributed by atoms with van der Waals surface area (Å²) in [5, 5.41) is 3.94. The zero-order chi connectivity index (χ0) is 27.5. The van der Waals surface area contributed by atoms with Gasteiger partial charge in [0, 0.05) is 17.3 Å². The van der Waals surface area contributed by atoms with E-state index in [1.165, 1.54) is 27.7 Å². The number of thiazole rings is 1. The monoisotopic (exact) mass is 594 g/mol. The van der Waals surface area contributed by atoms with Crippen molar-refractivity contribution in [3.05, 3.63) is 103 Å². The lowest BCUT2D eigenvalue weighted by atomic mass is 10.2. The maximum Gasteiger partial charge on any atom is 0.278 e. The topological polar surface area (TPSA) is 78.2 Å². The van der Waals surface area contributed by atoms with Crippen LogP contribution in [0.3, 0.4) is 0 Å². The highest BCUT2D eigenvalue weighted by Gasteiger charge is 2.20. The summed E-state index contributed by atoms with van der Waals surface area (Å²) in [6, 6.07) is 22.3. The number of halogens is 1. The second-order valence-electron chi connectivity index (χ2n) is 8.57. The number of amides is 1. The second-order valence-corrected chi connectivity index (χ2v) is 11.6. The summed E-state index contributed by atoms with van der Waals surface area (Å²) < 4.78 is 9.47. The van der Waals surface area contributed by atoms with Crippen molar-refractivity contribution >= 4 is 63.2 Å². The molecule has 0 spiro atoms. The Morgan fingerprint density at radius 3 is 2.49 bits per heavy atom. The molecule has 0 atom stereocenters. The molecule has 1 amide bonds. The smallest absolute Gasteiger partial charge is 0.278 e. The van der Waals surface area contributed by atoms with Crippen LogP contribution in [-0.2, 0) is 11.3 Å². The lowest BCUT2D eigenvalue weighted by Crippen LogP contribution is -2.26. The number of hydrogen-bond donors (Lipinski definition) is 1. The van der Waals surface area contributed by atoms with Gasteiger partial charge in [-0.25, -0.2) is 4.98 Å². The van der Waals surface area contributed by atoms with Crippen molar-refractivity contribution in [3.8, 4) is 17.1 Å². The number of nitrogens with zero attached hydrogens (tertiary/aromatic N) is 3. The van der Waals surface area contributed by atoms with Gasteiger partial charge in [0.1, 0.15) is 10.4 Å². The summed E-state index contributed by atoms with van der Waals surface area (Å²) in [5.41, 5.74) is 3.42. The Kier molecular flexibility index (Phi) is 8.18. The minimum absolute atomic E-state index is 0.0753. The van der Waals surface area contributed by atoms with E-state index in [2.05, 4.69) is 5.32 Å². The van der Waals surface area contributed by atoms with E-state index in [4.69, 9.17) is 33.5 Å². The molecule has 5 rings (SSSR count). The molecule has 7 nitrogen and oxygen atoms in total. The third-order valence-electron chi connectivity index (χ3n) is 5.97. The van der Waals surface area contributed by atoms with E-state index in [-0.39, 0.29) is 17.2 Å². The quantitative estimate of drug-likeness (QED) is 0.128. The number of methoxy groups -OCH3 is 1. The van der Waals surface area contributed by atoms with Gasteiger partial charge in [-0.15, -0.1) is 0 Å². The van der Waals surface area contributed by atoms with E-state index in [1.807, 2.05) is 49.4 Å². The van der Waals surface area contributed by atoms with Crippen molar-refractivity contribution in [3.63, 3.8) is 0 Å². The molecule has 0 saturated carbocycles. The third kappa shape index (κ3) is 5.79. The average Bonchev–Trinajstić information content (AvgIpc) is 3.29. The van der Waals surface area contributed by atoms with E-state index in [0.717, 1.165) is 16.8 Å². The number of aromatic nitrogens is 3. The minimum Gasteiger partial charge on any atom is -0.497 e. The highest BCUT2D eigenvalue weighted by molar-refractivity contribution is 7.99. The largest absolute Gasteiger partial charge is 0.497 e. The predicted molar refractivity (Wildman–Crippen MR) is 161 cm³/mol. The molecule has 39 heavy (non-hydrogen) atoms. The molecule has 0 radical (unpaired) electrons. The van der Waals surface area contributed by atoms with Gasteiger partial charge in [0.05, 0.1) is 18.6 Å². The molecule has 2 heterocycles. The molecule has 2 aromatic heterocycles. The number of hydrogen-bond acceptors (Lipinski definition) is 7. The van der Waals surface area contributed by atoms with Crippen molar-refractivity contribution in [1.29, 1.82) is 0 Å². The first-order valence-corrected chi connectivity index (χ1v) is 14.5. The van der Waals surface area contributed by atoms with Crippen LogP contribution < -0.4 is 15.6 Å². The number of carbonyl (C=O) groups is 1. The number of rotatable bonds is 8. The zero-order valence-electron chi connectivity index (χ0n) is 21.0. The SMILES string of the molecule is COc1ccc(-n2c(SCC(=O)NCc3ccccc3)nc3c(sc(=S)n3-c3ccc(Cl)c(C)c3)c2=O)cc1. The van der Waals surface area contributed by atoms with E-state index < -0.39 is 0 Å². The summed E-state index contributed by atoms with van der Waals surface area (Å²) in [5.74, 6) is 0.566. The van der Waals surface area contributed by atoms with E-state index in [9.17, 15) is 9.59 Å². The van der Waals surface area contributed by atoms with Crippen LogP contribution in [0.1, 0.15) is 11.1 Å². The Morgan fingerprint density at radius 2 is 1.79 bits per heavy atom. The maximum atomic E-state index is 13.9. The molecule has 5 aromatic rings. The lowest BCUT2D eigenvalue weighted by molar-refractivity contribution is -0.118. The summed E-state index contributed by atoms with van der Waals surface area (Å²) in [6.07, 6.45) is 0.